The van der Waals surface area contributed by atoms with Crippen molar-refractivity contribution in [2.45, 2.75) is 32.7 Å². The van der Waals surface area contributed by atoms with Crippen LogP contribution in [-0.2, 0) is 12.8 Å². The van der Waals surface area contributed by atoms with Crippen LogP contribution in [0.3, 0.4) is 0 Å². The minimum atomic E-state index is 0.104. The van der Waals surface area contributed by atoms with E-state index in [0.717, 1.165) is 18.6 Å². The van der Waals surface area contributed by atoms with Gasteiger partial charge in [-0.25, -0.2) is 0 Å². The maximum atomic E-state index is 6.31. The van der Waals surface area contributed by atoms with Crippen molar-refractivity contribution >= 4 is 0 Å². The lowest BCUT2D eigenvalue weighted by atomic mass is 9.97. The van der Waals surface area contributed by atoms with E-state index in [-0.39, 0.29) is 6.04 Å². The molecule has 0 spiro atoms. The third-order valence-electron chi connectivity index (χ3n) is 3.45. The Morgan fingerprint density at radius 1 is 1.00 bits per heavy atom. The van der Waals surface area contributed by atoms with Gasteiger partial charge in [-0.3, -0.25) is 0 Å². The summed E-state index contributed by atoms with van der Waals surface area (Å²) >= 11 is 0. The molecule has 106 valence electrons. The lowest BCUT2D eigenvalue weighted by molar-refractivity contribution is 0.408. The number of nitrogens with two attached hydrogens (primary N) is 1. The highest BCUT2D eigenvalue weighted by atomic mass is 16.5. The highest BCUT2D eigenvalue weighted by Gasteiger charge is 2.09. The normalized spacial score (nSPS) is 12.2. The standard InChI is InChI=1S/C18H23NO/c1-13-8-14(2)10-15(9-13)11-17(19)12-16-6-4-5-7-18(16)20-3/h4-10,17H,11-12,19H2,1-3H3. The Bertz CT molecular complexity index is 557. The molecule has 2 aromatic carbocycles. The van der Waals surface area contributed by atoms with Crippen molar-refractivity contribution in [3.63, 3.8) is 0 Å². The Morgan fingerprint density at radius 3 is 2.30 bits per heavy atom. The van der Waals surface area contributed by atoms with Crippen LogP contribution in [0.4, 0.5) is 0 Å². The van der Waals surface area contributed by atoms with E-state index in [1.807, 2.05) is 18.2 Å². The Morgan fingerprint density at radius 2 is 1.65 bits per heavy atom. The number of ether oxygens (including phenoxy) is 1. The summed E-state index contributed by atoms with van der Waals surface area (Å²) in [7, 11) is 1.70. The predicted octanol–water partition coefficient (Wildman–Crippen LogP) is 3.42. The first-order valence-electron chi connectivity index (χ1n) is 7.03. The van der Waals surface area contributed by atoms with Crippen LogP contribution in [0.25, 0.3) is 0 Å². The minimum absolute atomic E-state index is 0.104. The largest absolute Gasteiger partial charge is 0.496 e. The van der Waals surface area contributed by atoms with E-state index in [1.165, 1.54) is 22.3 Å². The molecule has 0 amide bonds. The number of methoxy groups -OCH3 is 1. The second-order valence-electron chi connectivity index (χ2n) is 5.48. The molecule has 0 aromatic heterocycles. The highest BCUT2D eigenvalue weighted by Crippen LogP contribution is 2.20. The molecule has 0 heterocycles. The molecule has 0 saturated heterocycles. The molecule has 0 radical (unpaired) electrons. The van der Waals surface area contributed by atoms with Gasteiger partial charge in [-0.05, 0) is 43.9 Å². The van der Waals surface area contributed by atoms with Gasteiger partial charge in [0, 0.05) is 6.04 Å². The van der Waals surface area contributed by atoms with Crippen LogP contribution >= 0.6 is 0 Å². The van der Waals surface area contributed by atoms with Crippen LogP contribution in [0, 0.1) is 13.8 Å². The molecular weight excluding hydrogens is 246 g/mol. The van der Waals surface area contributed by atoms with Gasteiger partial charge in [0.1, 0.15) is 5.75 Å². The molecule has 0 fully saturated rings. The first-order chi connectivity index (χ1) is 9.58. The molecule has 2 nitrogen and oxygen atoms in total. The van der Waals surface area contributed by atoms with E-state index in [4.69, 9.17) is 10.5 Å². The monoisotopic (exact) mass is 269 g/mol. The number of hydrogen-bond acceptors (Lipinski definition) is 2. The molecule has 0 saturated carbocycles. The number of para-hydroxylation sites is 1. The van der Waals surface area contributed by atoms with E-state index in [2.05, 4.69) is 38.1 Å². The molecule has 0 aliphatic heterocycles. The average molecular weight is 269 g/mol. The molecule has 0 aliphatic rings. The summed E-state index contributed by atoms with van der Waals surface area (Å²) in [5.74, 6) is 0.920. The maximum absolute atomic E-state index is 6.31. The molecule has 0 bridgehead atoms. The van der Waals surface area contributed by atoms with Crippen molar-refractivity contribution in [2.24, 2.45) is 5.73 Å². The second kappa shape index (κ2) is 6.58. The van der Waals surface area contributed by atoms with E-state index >= 15 is 0 Å². The first-order valence-corrected chi connectivity index (χ1v) is 7.03. The average Bonchev–Trinajstić information content (AvgIpc) is 2.37. The number of benzene rings is 2. The number of rotatable bonds is 5. The van der Waals surface area contributed by atoms with E-state index in [9.17, 15) is 0 Å². The summed E-state index contributed by atoms with van der Waals surface area (Å²) in [4.78, 5) is 0. The fourth-order valence-electron chi connectivity index (χ4n) is 2.72. The number of aryl methyl sites for hydroxylation is 2. The van der Waals surface area contributed by atoms with Crippen LogP contribution in [0.5, 0.6) is 5.75 Å². The van der Waals surface area contributed by atoms with Gasteiger partial charge in [0.2, 0.25) is 0 Å². The van der Waals surface area contributed by atoms with Crippen molar-refractivity contribution < 1.29 is 4.74 Å². The van der Waals surface area contributed by atoms with Crippen molar-refractivity contribution in [2.75, 3.05) is 7.11 Å². The zero-order valence-electron chi connectivity index (χ0n) is 12.5. The van der Waals surface area contributed by atoms with Crippen LogP contribution in [0.1, 0.15) is 22.3 Å². The Hall–Kier alpha value is -1.80. The molecule has 2 heteroatoms. The highest BCUT2D eigenvalue weighted by molar-refractivity contribution is 5.34. The molecule has 1 unspecified atom stereocenters. The maximum Gasteiger partial charge on any atom is 0.122 e. The van der Waals surface area contributed by atoms with Crippen molar-refractivity contribution in [3.8, 4) is 5.75 Å². The van der Waals surface area contributed by atoms with Gasteiger partial charge >= 0.3 is 0 Å². The first kappa shape index (κ1) is 14.6. The predicted molar refractivity (Wildman–Crippen MR) is 84.3 cm³/mol. The van der Waals surface area contributed by atoms with Crippen LogP contribution < -0.4 is 10.5 Å². The van der Waals surface area contributed by atoms with Gasteiger partial charge in [-0.1, -0.05) is 47.5 Å². The molecule has 2 rings (SSSR count). The fourth-order valence-corrected chi connectivity index (χ4v) is 2.72. The van der Waals surface area contributed by atoms with Gasteiger partial charge in [0.05, 0.1) is 7.11 Å². The third-order valence-corrected chi connectivity index (χ3v) is 3.45. The topological polar surface area (TPSA) is 35.2 Å². The van der Waals surface area contributed by atoms with Crippen molar-refractivity contribution in [1.82, 2.24) is 0 Å². The van der Waals surface area contributed by atoms with Gasteiger partial charge in [-0.2, -0.15) is 0 Å². The molecule has 2 aromatic rings. The smallest absolute Gasteiger partial charge is 0.122 e. The quantitative estimate of drug-likeness (QED) is 0.902. The van der Waals surface area contributed by atoms with Crippen LogP contribution in [0.2, 0.25) is 0 Å². The Kier molecular flexibility index (Phi) is 4.80. The Balaban J connectivity index is 2.07. The molecular formula is C18H23NO. The summed E-state index contributed by atoms with van der Waals surface area (Å²) in [5, 5.41) is 0. The van der Waals surface area contributed by atoms with Gasteiger partial charge < -0.3 is 10.5 Å². The van der Waals surface area contributed by atoms with E-state index < -0.39 is 0 Å². The Labute approximate surface area is 121 Å². The summed E-state index contributed by atoms with van der Waals surface area (Å²) in [6, 6.07) is 14.8. The summed E-state index contributed by atoms with van der Waals surface area (Å²) < 4.78 is 5.38. The van der Waals surface area contributed by atoms with E-state index in [1.54, 1.807) is 7.11 Å². The zero-order valence-corrected chi connectivity index (χ0v) is 12.5. The lowest BCUT2D eigenvalue weighted by Crippen LogP contribution is -2.25. The van der Waals surface area contributed by atoms with Gasteiger partial charge in [0.25, 0.3) is 0 Å². The van der Waals surface area contributed by atoms with Crippen molar-refractivity contribution in [1.29, 1.82) is 0 Å². The van der Waals surface area contributed by atoms with Crippen LogP contribution in [0.15, 0.2) is 42.5 Å². The fraction of sp³-hybridized carbons (Fsp3) is 0.333. The molecule has 1 atom stereocenters. The zero-order chi connectivity index (χ0) is 14.5. The summed E-state index contributed by atoms with van der Waals surface area (Å²) in [6.07, 6.45) is 1.72. The van der Waals surface area contributed by atoms with Crippen LogP contribution in [-0.4, -0.2) is 13.2 Å². The van der Waals surface area contributed by atoms with E-state index in [0.29, 0.717) is 0 Å². The number of hydrogen-bond donors (Lipinski definition) is 1. The molecule has 0 aliphatic carbocycles. The minimum Gasteiger partial charge on any atom is -0.496 e. The second-order valence-corrected chi connectivity index (χ2v) is 5.48. The lowest BCUT2D eigenvalue weighted by Gasteiger charge is -2.15. The van der Waals surface area contributed by atoms with Gasteiger partial charge in [-0.15, -0.1) is 0 Å². The SMILES string of the molecule is COc1ccccc1CC(N)Cc1cc(C)cc(C)c1. The summed E-state index contributed by atoms with van der Waals surface area (Å²) in [5.41, 5.74) is 11.4. The summed E-state index contributed by atoms with van der Waals surface area (Å²) in [6.45, 7) is 4.25. The molecule has 20 heavy (non-hydrogen) atoms. The van der Waals surface area contributed by atoms with Gasteiger partial charge in [0.15, 0.2) is 0 Å². The third kappa shape index (κ3) is 3.84. The molecule has 2 N–H and O–H groups in total. The van der Waals surface area contributed by atoms with Crippen molar-refractivity contribution in [3.05, 3.63) is 64.7 Å².